The number of benzene rings is 1. The van der Waals surface area contributed by atoms with Crippen molar-refractivity contribution in [2.24, 2.45) is 0 Å². The van der Waals surface area contributed by atoms with Crippen molar-refractivity contribution in [3.8, 4) is 12.1 Å². The monoisotopic (exact) mass is 193 g/mol. The van der Waals surface area contributed by atoms with Crippen LogP contribution in [0.15, 0.2) is 36.0 Å². The molecule has 0 saturated carbocycles. The second kappa shape index (κ2) is 3.69. The van der Waals surface area contributed by atoms with Gasteiger partial charge in [-0.2, -0.15) is 10.5 Å². The third-order valence-corrected chi connectivity index (χ3v) is 2.13. The molecule has 0 radical (unpaired) electrons. The van der Waals surface area contributed by atoms with Gasteiger partial charge in [-0.1, -0.05) is 12.1 Å². The largest absolute Gasteiger partial charge is 0.361 e. The van der Waals surface area contributed by atoms with Crippen LogP contribution >= 0.6 is 0 Å². The van der Waals surface area contributed by atoms with Crippen LogP contribution in [-0.4, -0.2) is 4.98 Å². The smallest absolute Gasteiger partial charge is 0.130 e. The summed E-state index contributed by atoms with van der Waals surface area (Å²) >= 11 is 0. The van der Waals surface area contributed by atoms with Crippen molar-refractivity contribution in [1.82, 2.24) is 4.98 Å². The number of nitrogens with one attached hydrogen (secondary N) is 1. The number of H-pyrrole nitrogens is 1. The summed E-state index contributed by atoms with van der Waals surface area (Å²) in [6, 6.07) is 11.4. The predicted octanol–water partition coefficient (Wildman–Crippen LogP) is 2.60. The third-order valence-electron chi connectivity index (χ3n) is 2.13. The zero-order valence-corrected chi connectivity index (χ0v) is 7.86. The second-order valence-corrected chi connectivity index (χ2v) is 3.11. The van der Waals surface area contributed by atoms with Crippen LogP contribution in [-0.2, 0) is 0 Å². The molecule has 0 saturated heterocycles. The highest BCUT2D eigenvalue weighted by Gasteiger charge is 1.97. The summed E-state index contributed by atoms with van der Waals surface area (Å²) in [6.45, 7) is 0. The van der Waals surface area contributed by atoms with Gasteiger partial charge in [-0.05, 0) is 29.2 Å². The topological polar surface area (TPSA) is 63.4 Å². The molecule has 1 aromatic heterocycles. The van der Waals surface area contributed by atoms with Gasteiger partial charge in [0, 0.05) is 11.7 Å². The molecule has 2 aromatic rings. The van der Waals surface area contributed by atoms with E-state index >= 15 is 0 Å². The maximum atomic E-state index is 8.61. The molecular formula is C12H7N3. The van der Waals surface area contributed by atoms with Gasteiger partial charge >= 0.3 is 0 Å². The van der Waals surface area contributed by atoms with Gasteiger partial charge in [0.25, 0.3) is 0 Å². The molecule has 0 fully saturated rings. The van der Waals surface area contributed by atoms with Crippen LogP contribution in [0.5, 0.6) is 0 Å². The van der Waals surface area contributed by atoms with Gasteiger partial charge in [0.2, 0.25) is 0 Å². The number of hydrogen-bond acceptors (Lipinski definition) is 2. The van der Waals surface area contributed by atoms with Crippen LogP contribution in [0, 0.1) is 22.7 Å². The fraction of sp³-hybridized carbons (Fsp3) is 0. The van der Waals surface area contributed by atoms with E-state index in [0.717, 1.165) is 16.5 Å². The van der Waals surface area contributed by atoms with Crippen molar-refractivity contribution in [2.75, 3.05) is 0 Å². The number of nitrogens with zero attached hydrogens (tertiary/aromatic N) is 2. The Kier molecular flexibility index (Phi) is 2.23. The van der Waals surface area contributed by atoms with Gasteiger partial charge in [0.1, 0.15) is 17.7 Å². The zero-order chi connectivity index (χ0) is 10.7. The SMILES string of the molecule is N#CC(C#N)=Cc1ccc2cc[nH]c2c1. The van der Waals surface area contributed by atoms with E-state index < -0.39 is 0 Å². The van der Waals surface area contributed by atoms with Crippen molar-refractivity contribution in [2.45, 2.75) is 0 Å². The first-order valence-electron chi connectivity index (χ1n) is 4.42. The Balaban J connectivity index is 2.51. The fourth-order valence-corrected chi connectivity index (χ4v) is 1.41. The molecule has 3 heteroatoms. The molecule has 3 nitrogen and oxygen atoms in total. The first kappa shape index (κ1) is 9.05. The molecule has 0 atom stereocenters. The van der Waals surface area contributed by atoms with E-state index in [2.05, 4.69) is 4.98 Å². The minimum Gasteiger partial charge on any atom is -0.361 e. The molecule has 2 rings (SSSR count). The number of rotatable bonds is 1. The standard InChI is InChI=1S/C12H7N3/c13-7-10(8-14)5-9-1-2-11-3-4-15-12(11)6-9/h1-6,15H. The van der Waals surface area contributed by atoms with E-state index in [0.29, 0.717) is 0 Å². The van der Waals surface area contributed by atoms with E-state index in [9.17, 15) is 0 Å². The summed E-state index contributed by atoms with van der Waals surface area (Å²) in [6.07, 6.45) is 3.42. The summed E-state index contributed by atoms with van der Waals surface area (Å²) in [4.78, 5) is 3.07. The maximum absolute atomic E-state index is 8.61. The van der Waals surface area contributed by atoms with E-state index in [1.807, 2.05) is 42.6 Å². The van der Waals surface area contributed by atoms with Gasteiger partial charge in [-0.3, -0.25) is 0 Å². The Morgan fingerprint density at radius 1 is 1.20 bits per heavy atom. The Labute approximate surface area is 86.9 Å². The lowest BCUT2D eigenvalue weighted by Crippen LogP contribution is -1.76. The number of hydrogen-bond donors (Lipinski definition) is 1. The molecular weight excluding hydrogens is 186 g/mol. The molecule has 0 unspecified atom stereocenters. The minimum absolute atomic E-state index is 0.112. The van der Waals surface area contributed by atoms with Gasteiger partial charge in [-0.25, -0.2) is 0 Å². The van der Waals surface area contributed by atoms with Crippen LogP contribution in [0.3, 0.4) is 0 Å². The van der Waals surface area contributed by atoms with E-state index in [1.54, 1.807) is 6.08 Å². The number of nitriles is 2. The van der Waals surface area contributed by atoms with Crippen molar-refractivity contribution >= 4 is 17.0 Å². The molecule has 0 aliphatic carbocycles. The van der Waals surface area contributed by atoms with E-state index in [1.165, 1.54) is 0 Å². The highest BCUT2D eigenvalue weighted by Crippen LogP contribution is 2.15. The first-order valence-corrected chi connectivity index (χ1v) is 4.42. The van der Waals surface area contributed by atoms with Crippen LogP contribution in [0.2, 0.25) is 0 Å². The average molecular weight is 193 g/mol. The number of allylic oxidation sites excluding steroid dienone is 1. The van der Waals surface area contributed by atoms with Crippen LogP contribution in [0.25, 0.3) is 17.0 Å². The molecule has 0 bridgehead atoms. The Hall–Kier alpha value is -2.52. The molecule has 15 heavy (non-hydrogen) atoms. The fourth-order valence-electron chi connectivity index (χ4n) is 1.41. The van der Waals surface area contributed by atoms with Gasteiger partial charge in [0.05, 0.1) is 0 Å². The normalized spacial score (nSPS) is 9.20. The Bertz CT molecular complexity index is 590. The molecule has 1 aromatic carbocycles. The lowest BCUT2D eigenvalue weighted by atomic mass is 10.1. The summed E-state index contributed by atoms with van der Waals surface area (Å²) in [5.41, 5.74) is 1.96. The Morgan fingerprint density at radius 3 is 2.73 bits per heavy atom. The lowest BCUT2D eigenvalue weighted by molar-refractivity contribution is 1.46. The van der Waals surface area contributed by atoms with Crippen molar-refractivity contribution in [3.63, 3.8) is 0 Å². The third kappa shape index (κ3) is 1.72. The van der Waals surface area contributed by atoms with E-state index in [-0.39, 0.29) is 5.57 Å². The second-order valence-electron chi connectivity index (χ2n) is 3.11. The highest BCUT2D eigenvalue weighted by atomic mass is 14.7. The predicted molar refractivity (Wildman–Crippen MR) is 57.5 cm³/mol. The van der Waals surface area contributed by atoms with Crippen molar-refractivity contribution < 1.29 is 0 Å². The van der Waals surface area contributed by atoms with Gasteiger partial charge < -0.3 is 4.98 Å². The van der Waals surface area contributed by atoms with Crippen LogP contribution < -0.4 is 0 Å². The van der Waals surface area contributed by atoms with Gasteiger partial charge in [0.15, 0.2) is 0 Å². The molecule has 0 amide bonds. The minimum atomic E-state index is 0.112. The van der Waals surface area contributed by atoms with Crippen molar-refractivity contribution in [3.05, 3.63) is 41.6 Å². The molecule has 0 aliphatic rings. The van der Waals surface area contributed by atoms with Crippen LogP contribution in [0.4, 0.5) is 0 Å². The lowest BCUT2D eigenvalue weighted by Gasteiger charge is -1.93. The van der Waals surface area contributed by atoms with E-state index in [4.69, 9.17) is 10.5 Å². The first-order chi connectivity index (χ1) is 7.33. The summed E-state index contributed by atoms with van der Waals surface area (Å²) in [7, 11) is 0. The summed E-state index contributed by atoms with van der Waals surface area (Å²) < 4.78 is 0. The number of fused-ring (bicyclic) bond motifs is 1. The molecule has 0 aliphatic heterocycles. The zero-order valence-electron chi connectivity index (χ0n) is 7.86. The van der Waals surface area contributed by atoms with Crippen molar-refractivity contribution in [1.29, 1.82) is 10.5 Å². The molecule has 70 valence electrons. The average Bonchev–Trinajstić information content (AvgIpc) is 2.73. The van der Waals surface area contributed by atoms with Crippen LogP contribution in [0.1, 0.15) is 5.56 Å². The molecule has 1 N–H and O–H groups in total. The summed E-state index contributed by atoms with van der Waals surface area (Å²) in [5, 5.41) is 18.3. The van der Waals surface area contributed by atoms with Gasteiger partial charge in [-0.15, -0.1) is 0 Å². The maximum Gasteiger partial charge on any atom is 0.130 e. The summed E-state index contributed by atoms with van der Waals surface area (Å²) in [5.74, 6) is 0. The molecule has 1 heterocycles. The number of aromatic amines is 1. The molecule has 0 spiro atoms. The Morgan fingerprint density at radius 2 is 2.00 bits per heavy atom. The quantitative estimate of drug-likeness (QED) is 0.707. The highest BCUT2D eigenvalue weighted by molar-refractivity contribution is 5.82. The number of aromatic nitrogens is 1.